The molecule has 34 heavy (non-hydrogen) atoms. The quantitative estimate of drug-likeness (QED) is 0.351. The average Bonchev–Trinajstić information content (AvgIpc) is 3.32. The first-order chi connectivity index (χ1) is 16.5. The number of rotatable bonds is 5. The Morgan fingerprint density at radius 2 is 1.68 bits per heavy atom. The van der Waals surface area contributed by atoms with Gasteiger partial charge in [0.05, 0.1) is 17.8 Å². The van der Waals surface area contributed by atoms with Crippen LogP contribution in [0.1, 0.15) is 51.4 Å². The zero-order valence-corrected chi connectivity index (χ0v) is 20.9. The van der Waals surface area contributed by atoms with E-state index in [0.717, 1.165) is 17.4 Å². The molecule has 0 spiro atoms. The van der Waals surface area contributed by atoms with Gasteiger partial charge in [0, 0.05) is 29.8 Å². The van der Waals surface area contributed by atoms with Gasteiger partial charge in [0.15, 0.2) is 5.11 Å². The molecule has 172 valence electrons. The molecule has 0 bridgehead atoms. The molecule has 2 aromatic heterocycles. The number of hydrogen-bond donors (Lipinski definition) is 1. The molecule has 2 aromatic carbocycles. The minimum absolute atomic E-state index is 0.0232. The smallest absolute Gasteiger partial charge is 0.170 e. The molecule has 4 aromatic rings. The summed E-state index contributed by atoms with van der Waals surface area (Å²) in [6.07, 6.45) is 1.86. The Bertz CT molecular complexity index is 1330. The van der Waals surface area contributed by atoms with Gasteiger partial charge in [-0.3, -0.25) is 4.98 Å². The fourth-order valence-electron chi connectivity index (χ4n) is 5.13. The van der Waals surface area contributed by atoms with Crippen LogP contribution in [-0.4, -0.2) is 19.6 Å². The molecule has 0 radical (unpaired) electrons. The van der Waals surface area contributed by atoms with Crippen molar-refractivity contribution in [3.05, 3.63) is 118 Å². The summed E-state index contributed by atoms with van der Waals surface area (Å²) < 4.78 is 2.38. The van der Waals surface area contributed by atoms with Crippen molar-refractivity contribution in [2.75, 3.05) is 0 Å². The Labute approximate surface area is 207 Å². The number of pyridine rings is 1. The molecule has 0 amide bonds. The molecule has 1 aliphatic heterocycles. The van der Waals surface area contributed by atoms with E-state index >= 15 is 0 Å². The zero-order valence-electron chi connectivity index (χ0n) is 20.1. The number of aryl methyl sites for hydroxylation is 2. The second kappa shape index (κ2) is 9.07. The van der Waals surface area contributed by atoms with Crippen molar-refractivity contribution in [3.63, 3.8) is 0 Å². The molecule has 1 fully saturated rings. The molecule has 0 saturated carbocycles. The second-order valence-corrected chi connectivity index (χ2v) is 9.51. The molecule has 4 nitrogen and oxygen atoms in total. The predicted molar refractivity (Wildman–Crippen MR) is 142 cm³/mol. The first-order valence-corrected chi connectivity index (χ1v) is 12.1. The van der Waals surface area contributed by atoms with Crippen LogP contribution in [-0.2, 0) is 6.54 Å². The third kappa shape index (κ3) is 3.90. The van der Waals surface area contributed by atoms with Crippen molar-refractivity contribution in [3.8, 4) is 5.69 Å². The summed E-state index contributed by atoms with van der Waals surface area (Å²) in [5.74, 6) is 0. The van der Waals surface area contributed by atoms with Gasteiger partial charge in [-0.1, -0.05) is 48.5 Å². The molecule has 5 heteroatoms. The van der Waals surface area contributed by atoms with Gasteiger partial charge in [-0.2, -0.15) is 0 Å². The number of aromatic nitrogens is 2. The van der Waals surface area contributed by atoms with E-state index in [1.807, 2.05) is 18.3 Å². The summed E-state index contributed by atoms with van der Waals surface area (Å²) >= 11 is 5.89. The summed E-state index contributed by atoms with van der Waals surface area (Å²) in [6, 6.07) is 25.5. The van der Waals surface area contributed by atoms with Crippen molar-refractivity contribution in [1.82, 2.24) is 19.8 Å². The standard InChI is InChI=1S/C29H30N4S/c1-19-11-10-15-26(21(19)3)33-20(2)17-24(22(33)4)28-27(25-14-8-9-16-30-25)31-29(34)32(28)18-23-12-6-5-7-13-23/h5-17,27-28H,18H2,1-4H3,(H,31,34)/t27-,28+/m1/s1. The lowest BCUT2D eigenvalue weighted by Gasteiger charge is -2.28. The highest BCUT2D eigenvalue weighted by atomic mass is 32.1. The topological polar surface area (TPSA) is 33.1 Å². The molecule has 2 atom stereocenters. The largest absolute Gasteiger partial charge is 0.352 e. The summed E-state index contributed by atoms with van der Waals surface area (Å²) in [7, 11) is 0. The van der Waals surface area contributed by atoms with Crippen LogP contribution in [0.4, 0.5) is 0 Å². The van der Waals surface area contributed by atoms with E-state index in [9.17, 15) is 0 Å². The zero-order chi connectivity index (χ0) is 23.8. The van der Waals surface area contributed by atoms with Gasteiger partial charge in [-0.05, 0) is 86.4 Å². The average molecular weight is 467 g/mol. The van der Waals surface area contributed by atoms with Crippen molar-refractivity contribution in [1.29, 1.82) is 0 Å². The summed E-state index contributed by atoms with van der Waals surface area (Å²) in [5.41, 5.74) is 9.81. The van der Waals surface area contributed by atoms with Crippen LogP contribution in [0.25, 0.3) is 5.69 Å². The maximum Gasteiger partial charge on any atom is 0.170 e. The molecule has 1 N–H and O–H groups in total. The minimum atomic E-state index is -0.0232. The van der Waals surface area contributed by atoms with Gasteiger partial charge >= 0.3 is 0 Å². The summed E-state index contributed by atoms with van der Waals surface area (Å²) in [5, 5.41) is 4.36. The Kier molecular flexibility index (Phi) is 5.96. The van der Waals surface area contributed by atoms with Gasteiger partial charge in [0.1, 0.15) is 0 Å². The van der Waals surface area contributed by atoms with E-state index in [1.54, 1.807) is 0 Å². The van der Waals surface area contributed by atoms with Crippen molar-refractivity contribution < 1.29 is 0 Å². The first-order valence-electron chi connectivity index (χ1n) is 11.7. The molecule has 1 saturated heterocycles. The highest BCUT2D eigenvalue weighted by Crippen LogP contribution is 2.42. The normalized spacial score (nSPS) is 17.8. The van der Waals surface area contributed by atoms with Crippen LogP contribution in [0.2, 0.25) is 0 Å². The SMILES string of the molecule is Cc1cccc(-n2c(C)cc([C@H]3[C@@H](c4ccccn4)NC(=S)N3Cc3ccccc3)c2C)c1C. The van der Waals surface area contributed by atoms with Gasteiger partial charge < -0.3 is 14.8 Å². The van der Waals surface area contributed by atoms with Crippen LogP contribution >= 0.6 is 12.2 Å². The number of benzene rings is 2. The van der Waals surface area contributed by atoms with Crippen LogP contribution < -0.4 is 5.32 Å². The molecular weight excluding hydrogens is 436 g/mol. The van der Waals surface area contributed by atoms with E-state index in [4.69, 9.17) is 17.2 Å². The molecule has 1 aliphatic rings. The number of nitrogens with one attached hydrogen (secondary N) is 1. The highest BCUT2D eigenvalue weighted by Gasteiger charge is 2.41. The highest BCUT2D eigenvalue weighted by molar-refractivity contribution is 7.80. The Hall–Kier alpha value is -3.44. The Morgan fingerprint density at radius 1 is 0.912 bits per heavy atom. The van der Waals surface area contributed by atoms with Crippen LogP contribution in [0, 0.1) is 27.7 Å². The van der Waals surface area contributed by atoms with E-state index in [0.29, 0.717) is 0 Å². The number of hydrogen-bond acceptors (Lipinski definition) is 2. The molecule has 0 unspecified atom stereocenters. The maximum atomic E-state index is 5.89. The predicted octanol–water partition coefficient (Wildman–Crippen LogP) is 6.28. The maximum absolute atomic E-state index is 5.89. The van der Waals surface area contributed by atoms with E-state index < -0.39 is 0 Å². The monoisotopic (exact) mass is 466 g/mol. The van der Waals surface area contributed by atoms with Crippen LogP contribution in [0.3, 0.4) is 0 Å². The Morgan fingerprint density at radius 3 is 2.41 bits per heavy atom. The minimum Gasteiger partial charge on any atom is -0.352 e. The fourth-order valence-corrected chi connectivity index (χ4v) is 5.44. The molecule has 0 aliphatic carbocycles. The van der Waals surface area contributed by atoms with Crippen molar-refractivity contribution in [2.45, 2.75) is 46.3 Å². The van der Waals surface area contributed by atoms with Crippen molar-refractivity contribution >= 4 is 17.3 Å². The van der Waals surface area contributed by atoms with E-state index in [1.165, 1.54) is 39.3 Å². The third-order valence-electron chi connectivity index (χ3n) is 7.00. The van der Waals surface area contributed by atoms with Crippen molar-refractivity contribution in [2.24, 2.45) is 0 Å². The van der Waals surface area contributed by atoms with Gasteiger partial charge in [0.2, 0.25) is 0 Å². The first kappa shape index (κ1) is 22.4. The molecule has 5 rings (SSSR count). The lowest BCUT2D eigenvalue weighted by molar-refractivity contribution is 0.310. The summed E-state index contributed by atoms with van der Waals surface area (Å²) in [6.45, 7) is 9.53. The lowest BCUT2D eigenvalue weighted by atomic mass is 9.96. The lowest BCUT2D eigenvalue weighted by Crippen LogP contribution is -2.29. The number of nitrogens with zero attached hydrogens (tertiary/aromatic N) is 3. The van der Waals surface area contributed by atoms with Gasteiger partial charge in [-0.15, -0.1) is 0 Å². The third-order valence-corrected chi connectivity index (χ3v) is 7.35. The van der Waals surface area contributed by atoms with Crippen LogP contribution in [0.15, 0.2) is 79.0 Å². The van der Waals surface area contributed by atoms with Crippen LogP contribution in [0.5, 0.6) is 0 Å². The number of thiocarbonyl (C=S) groups is 1. The fraction of sp³-hybridized carbons (Fsp3) is 0.241. The van der Waals surface area contributed by atoms with Gasteiger partial charge in [0.25, 0.3) is 0 Å². The van der Waals surface area contributed by atoms with E-state index in [2.05, 4.69) is 103 Å². The van der Waals surface area contributed by atoms with E-state index in [-0.39, 0.29) is 12.1 Å². The van der Waals surface area contributed by atoms with Gasteiger partial charge in [-0.25, -0.2) is 0 Å². The molecular formula is C29H30N4S. The second-order valence-electron chi connectivity index (χ2n) is 9.12. The summed E-state index contributed by atoms with van der Waals surface area (Å²) in [4.78, 5) is 7.02. The Balaban J connectivity index is 1.64. The molecule has 3 heterocycles.